The van der Waals surface area contributed by atoms with Gasteiger partial charge in [0.25, 0.3) is 0 Å². The first kappa shape index (κ1) is 24.8. The van der Waals surface area contributed by atoms with Gasteiger partial charge in [0.05, 0.1) is 17.0 Å². The molecule has 2 atom stereocenters. The van der Waals surface area contributed by atoms with E-state index in [9.17, 15) is 22.7 Å². The largest absolute Gasteiger partial charge is 0.755 e. The second-order valence-electron chi connectivity index (χ2n) is 7.63. The Morgan fingerprint density at radius 2 is 1.97 bits per heavy atom. The average Bonchev–Trinajstić information content (AvgIpc) is 2.75. The van der Waals surface area contributed by atoms with Gasteiger partial charge in [0.15, 0.2) is 0 Å². The van der Waals surface area contributed by atoms with E-state index >= 15 is 0 Å². The molecule has 0 saturated carbocycles. The fourth-order valence-corrected chi connectivity index (χ4v) is 4.38. The number of amides is 3. The quantitative estimate of drug-likeness (QED) is 0.491. The number of primary amides is 1. The van der Waals surface area contributed by atoms with Crippen molar-refractivity contribution in [2.24, 2.45) is 5.73 Å². The van der Waals surface area contributed by atoms with E-state index in [1.807, 2.05) is 6.92 Å². The minimum Gasteiger partial charge on any atom is -0.755 e. The molecule has 2 aromatic rings. The van der Waals surface area contributed by atoms with Crippen molar-refractivity contribution in [3.8, 4) is 0 Å². The highest BCUT2D eigenvalue weighted by Gasteiger charge is 2.26. The first-order chi connectivity index (χ1) is 15.7. The van der Waals surface area contributed by atoms with E-state index in [1.54, 1.807) is 17.0 Å². The molecule has 1 saturated heterocycles. The third-order valence-corrected chi connectivity index (χ3v) is 6.19. The van der Waals surface area contributed by atoms with Crippen LogP contribution in [0, 0.1) is 5.82 Å². The number of benzene rings is 2. The summed E-state index contributed by atoms with van der Waals surface area (Å²) in [4.78, 5) is 28.3. The minimum atomic E-state index is -2.94. The van der Waals surface area contributed by atoms with Crippen LogP contribution in [-0.2, 0) is 22.6 Å². The number of piperazine rings is 1. The van der Waals surface area contributed by atoms with Crippen molar-refractivity contribution in [2.45, 2.75) is 19.5 Å². The number of nitrogens with zero attached hydrogens (tertiary/aromatic N) is 3. The Labute approximate surface area is 198 Å². The fraction of sp³-hybridized carbons (Fsp3) is 0.273. The van der Waals surface area contributed by atoms with E-state index < -0.39 is 17.3 Å². The lowest BCUT2D eigenvalue weighted by molar-refractivity contribution is -0.130. The molecule has 1 fully saturated rings. The predicted molar refractivity (Wildman–Crippen MR) is 124 cm³/mol. The van der Waals surface area contributed by atoms with Crippen LogP contribution in [0.5, 0.6) is 0 Å². The molecule has 3 rings (SSSR count). The van der Waals surface area contributed by atoms with E-state index in [0.717, 1.165) is 5.56 Å². The zero-order valence-corrected chi connectivity index (χ0v) is 19.4. The van der Waals surface area contributed by atoms with E-state index in [2.05, 4.69) is 4.90 Å². The van der Waals surface area contributed by atoms with Gasteiger partial charge in [0.1, 0.15) is 5.82 Å². The average molecular weight is 494 g/mol. The van der Waals surface area contributed by atoms with Crippen molar-refractivity contribution in [1.82, 2.24) is 9.80 Å². The molecule has 0 bridgehead atoms. The molecule has 2 unspecified atom stereocenters. The number of carbonyl (C=O) groups excluding carboxylic acids is 2. The molecule has 176 valence electrons. The molecule has 1 heterocycles. The van der Waals surface area contributed by atoms with Gasteiger partial charge in [-0.2, -0.15) is 0 Å². The maximum Gasteiger partial charge on any atom is 0.330 e. The standard InChI is InChI=1S/C22H24ClFN4O4S/c1-15-13-26(14-16-2-6-19(24)7-3-16)10-11-27(15)21(29)9-4-17-12-18(23)5-8-20(17)28(22(25)30)33(31)32/h2-9,12,15H,10-11,13-14H2,1H3,(H2,25,30)(H,31,32)/p-1/b9-4+. The van der Waals surface area contributed by atoms with Gasteiger partial charge in [-0.25, -0.2) is 13.5 Å². The van der Waals surface area contributed by atoms with E-state index in [4.69, 9.17) is 17.3 Å². The Bertz CT molecular complexity index is 1070. The number of nitrogens with two attached hydrogens (primary N) is 1. The van der Waals surface area contributed by atoms with Gasteiger partial charge in [-0.3, -0.25) is 13.9 Å². The van der Waals surface area contributed by atoms with Crippen LogP contribution in [0.2, 0.25) is 5.02 Å². The second kappa shape index (κ2) is 10.9. The van der Waals surface area contributed by atoms with Crippen molar-refractivity contribution in [3.05, 3.63) is 70.5 Å². The normalized spacial score (nSPS) is 17.8. The summed E-state index contributed by atoms with van der Waals surface area (Å²) in [6.07, 6.45) is 2.72. The van der Waals surface area contributed by atoms with E-state index in [1.165, 1.54) is 42.5 Å². The summed E-state index contributed by atoms with van der Waals surface area (Å²) in [6, 6.07) is 9.27. The van der Waals surface area contributed by atoms with Gasteiger partial charge >= 0.3 is 6.03 Å². The van der Waals surface area contributed by atoms with Crippen LogP contribution in [0.4, 0.5) is 14.9 Å². The number of anilines is 1. The molecular weight excluding hydrogens is 471 g/mol. The highest BCUT2D eigenvalue weighted by molar-refractivity contribution is 7.81. The molecule has 33 heavy (non-hydrogen) atoms. The van der Waals surface area contributed by atoms with Gasteiger partial charge in [-0.1, -0.05) is 23.7 Å². The first-order valence-corrected chi connectivity index (χ1v) is 11.5. The number of urea groups is 1. The van der Waals surface area contributed by atoms with Crippen LogP contribution in [0.15, 0.2) is 48.5 Å². The monoisotopic (exact) mass is 493 g/mol. The van der Waals surface area contributed by atoms with Crippen molar-refractivity contribution in [1.29, 1.82) is 0 Å². The summed E-state index contributed by atoms with van der Waals surface area (Å²) in [6.45, 7) is 4.37. The minimum absolute atomic E-state index is 0.0125. The van der Waals surface area contributed by atoms with Crippen molar-refractivity contribution in [2.75, 3.05) is 23.9 Å². The molecule has 8 nitrogen and oxygen atoms in total. The van der Waals surface area contributed by atoms with Crippen molar-refractivity contribution >= 4 is 46.6 Å². The number of halogens is 2. The van der Waals surface area contributed by atoms with Crippen LogP contribution in [-0.4, -0.2) is 56.2 Å². The molecule has 11 heteroatoms. The molecule has 1 aliphatic heterocycles. The number of hydrogen-bond donors (Lipinski definition) is 1. The summed E-state index contributed by atoms with van der Waals surface area (Å²) < 4.78 is 36.4. The molecule has 3 amide bonds. The van der Waals surface area contributed by atoms with Gasteiger partial charge in [-0.05, 0) is 48.9 Å². The molecule has 1 aliphatic rings. The van der Waals surface area contributed by atoms with Crippen molar-refractivity contribution < 1.29 is 22.7 Å². The highest BCUT2D eigenvalue weighted by atomic mass is 35.5. The fourth-order valence-electron chi connectivity index (χ4n) is 3.73. The summed E-state index contributed by atoms with van der Waals surface area (Å²) in [7, 11) is 0. The predicted octanol–water partition coefficient (Wildman–Crippen LogP) is 2.90. The lowest BCUT2D eigenvalue weighted by Gasteiger charge is -2.39. The number of rotatable bonds is 6. The number of carbonyl (C=O) groups is 2. The maximum absolute atomic E-state index is 13.1. The highest BCUT2D eigenvalue weighted by Crippen LogP contribution is 2.27. The van der Waals surface area contributed by atoms with Crippen LogP contribution >= 0.6 is 11.6 Å². The van der Waals surface area contributed by atoms with Gasteiger partial charge in [0, 0.05) is 48.9 Å². The molecule has 0 aromatic heterocycles. The Balaban J connectivity index is 1.70. The SMILES string of the molecule is CC1CN(Cc2ccc(F)cc2)CCN1C(=O)/C=C/c1cc(Cl)ccc1N(C(N)=O)S(=O)[O-]. The maximum atomic E-state index is 13.1. The lowest BCUT2D eigenvalue weighted by atomic mass is 10.1. The third kappa shape index (κ3) is 6.38. The van der Waals surface area contributed by atoms with Gasteiger partial charge in [0.2, 0.25) is 5.91 Å². The Hall–Kier alpha value is -2.79. The zero-order chi connectivity index (χ0) is 24.1. The number of hydrogen-bond acceptors (Lipinski definition) is 5. The molecular formula is C22H23ClFN4O4S-. The Morgan fingerprint density at radius 3 is 2.58 bits per heavy atom. The first-order valence-electron chi connectivity index (χ1n) is 10.1. The summed E-state index contributed by atoms with van der Waals surface area (Å²) in [5.74, 6) is -0.540. The molecule has 0 radical (unpaired) electrons. The van der Waals surface area contributed by atoms with Crippen LogP contribution < -0.4 is 10.0 Å². The lowest BCUT2D eigenvalue weighted by Crippen LogP contribution is -2.53. The molecule has 2 N–H and O–H groups in total. The van der Waals surface area contributed by atoms with Crippen molar-refractivity contribution in [3.63, 3.8) is 0 Å². The second-order valence-corrected chi connectivity index (χ2v) is 8.86. The zero-order valence-electron chi connectivity index (χ0n) is 17.8. The third-order valence-electron chi connectivity index (χ3n) is 5.28. The van der Waals surface area contributed by atoms with Crippen LogP contribution in [0.25, 0.3) is 6.08 Å². The van der Waals surface area contributed by atoms with Gasteiger partial charge in [-0.15, -0.1) is 0 Å². The topological polar surface area (TPSA) is 110 Å². The molecule has 2 aromatic carbocycles. The molecule has 0 aliphatic carbocycles. The summed E-state index contributed by atoms with van der Waals surface area (Å²) >= 11 is 3.08. The Kier molecular flexibility index (Phi) is 8.20. The summed E-state index contributed by atoms with van der Waals surface area (Å²) in [5, 5.41) is 0.301. The van der Waals surface area contributed by atoms with Gasteiger partial charge < -0.3 is 15.2 Å². The van der Waals surface area contributed by atoms with Crippen LogP contribution in [0.1, 0.15) is 18.1 Å². The van der Waals surface area contributed by atoms with Crippen LogP contribution in [0.3, 0.4) is 0 Å². The van der Waals surface area contributed by atoms with E-state index in [-0.39, 0.29) is 29.0 Å². The Morgan fingerprint density at radius 1 is 1.27 bits per heavy atom. The molecule has 0 spiro atoms. The van der Waals surface area contributed by atoms with E-state index in [0.29, 0.717) is 35.5 Å². The smallest absolute Gasteiger partial charge is 0.330 e. The summed E-state index contributed by atoms with van der Waals surface area (Å²) in [5.41, 5.74) is 6.41.